The van der Waals surface area contributed by atoms with Gasteiger partial charge in [0.05, 0.1) is 10.9 Å². The molecular weight excluding hydrogens is 310 g/mol. The van der Waals surface area contributed by atoms with Gasteiger partial charge in [-0.25, -0.2) is 4.98 Å². The number of para-hydroxylation sites is 1. The Morgan fingerprint density at radius 3 is 2.88 bits per heavy atom. The molecule has 0 atom stereocenters. The van der Waals surface area contributed by atoms with E-state index in [1.54, 1.807) is 50.4 Å². The molecule has 1 N–H and O–H groups in total. The van der Waals surface area contributed by atoms with Gasteiger partial charge in [-0.15, -0.1) is 0 Å². The van der Waals surface area contributed by atoms with Crippen LogP contribution in [0.25, 0.3) is 10.9 Å². The van der Waals surface area contributed by atoms with Gasteiger partial charge in [-0.05, 0) is 18.6 Å². The van der Waals surface area contributed by atoms with Crippen LogP contribution in [0.5, 0.6) is 0 Å². The molecule has 8 nitrogen and oxygen atoms in total. The molecule has 0 aliphatic carbocycles. The van der Waals surface area contributed by atoms with Crippen molar-refractivity contribution in [2.75, 3.05) is 34.4 Å². The molecule has 0 fully saturated rings. The van der Waals surface area contributed by atoms with E-state index in [4.69, 9.17) is 4.74 Å². The summed E-state index contributed by atoms with van der Waals surface area (Å²) in [6.45, 7) is 0.962. The summed E-state index contributed by atoms with van der Waals surface area (Å²) >= 11 is 0. The molecule has 24 heavy (non-hydrogen) atoms. The van der Waals surface area contributed by atoms with Crippen LogP contribution in [0.3, 0.4) is 0 Å². The third-order valence-electron chi connectivity index (χ3n) is 3.17. The second kappa shape index (κ2) is 8.21. The predicted molar refractivity (Wildman–Crippen MR) is 92.4 cm³/mol. The SMILES string of the molecule is COCCCNC(=O)c1nc2ccccc2c(=O)n1/N=C/N(C)C. The highest BCUT2D eigenvalue weighted by molar-refractivity contribution is 5.93. The van der Waals surface area contributed by atoms with Crippen molar-refractivity contribution in [3.05, 3.63) is 40.4 Å². The van der Waals surface area contributed by atoms with Crippen LogP contribution in [0.1, 0.15) is 17.0 Å². The standard InChI is InChI=1S/C16H21N5O3/c1-20(2)11-18-21-14(15(22)17-9-6-10-24-3)19-13-8-5-4-7-12(13)16(21)23/h4-5,7-8,11H,6,9-10H2,1-3H3,(H,17,22)/b18-11+. The molecule has 1 aromatic heterocycles. The second-order valence-electron chi connectivity index (χ2n) is 5.37. The van der Waals surface area contributed by atoms with Crippen LogP contribution in [0.15, 0.2) is 34.2 Å². The van der Waals surface area contributed by atoms with E-state index >= 15 is 0 Å². The fourth-order valence-electron chi connectivity index (χ4n) is 2.03. The van der Waals surface area contributed by atoms with E-state index in [9.17, 15) is 9.59 Å². The predicted octanol–water partition coefficient (Wildman–Crippen LogP) is 0.516. The van der Waals surface area contributed by atoms with Gasteiger partial charge in [0.1, 0.15) is 6.34 Å². The zero-order valence-electron chi connectivity index (χ0n) is 14.0. The average Bonchev–Trinajstić information content (AvgIpc) is 2.57. The average molecular weight is 331 g/mol. The molecule has 0 aliphatic rings. The lowest BCUT2D eigenvalue weighted by atomic mass is 10.2. The smallest absolute Gasteiger partial charge is 0.289 e. The number of aromatic nitrogens is 2. The van der Waals surface area contributed by atoms with Crippen molar-refractivity contribution in [1.82, 2.24) is 19.9 Å². The summed E-state index contributed by atoms with van der Waals surface area (Å²) in [6.07, 6.45) is 2.11. The molecule has 0 saturated heterocycles. The number of amides is 1. The first kappa shape index (κ1) is 17.6. The maximum Gasteiger partial charge on any atom is 0.289 e. The molecule has 2 aromatic rings. The number of ether oxygens (including phenoxy) is 1. The van der Waals surface area contributed by atoms with Crippen LogP contribution < -0.4 is 10.9 Å². The van der Waals surface area contributed by atoms with E-state index in [2.05, 4.69) is 15.4 Å². The van der Waals surface area contributed by atoms with Crippen molar-refractivity contribution in [2.24, 2.45) is 5.10 Å². The molecule has 8 heteroatoms. The molecule has 0 saturated carbocycles. The molecule has 0 unspecified atom stereocenters. The van der Waals surface area contributed by atoms with E-state index in [0.29, 0.717) is 30.5 Å². The Morgan fingerprint density at radius 1 is 1.42 bits per heavy atom. The first-order valence-electron chi connectivity index (χ1n) is 7.54. The normalized spacial score (nSPS) is 11.1. The van der Waals surface area contributed by atoms with Gasteiger partial charge in [-0.3, -0.25) is 9.59 Å². The van der Waals surface area contributed by atoms with Gasteiger partial charge < -0.3 is 15.0 Å². The third kappa shape index (κ3) is 4.17. The Bertz CT molecular complexity index is 798. The molecule has 0 radical (unpaired) electrons. The minimum Gasteiger partial charge on any atom is -0.385 e. The van der Waals surface area contributed by atoms with Gasteiger partial charge in [0.25, 0.3) is 11.5 Å². The zero-order valence-corrected chi connectivity index (χ0v) is 14.0. The van der Waals surface area contributed by atoms with Crippen LogP contribution in [0, 0.1) is 0 Å². The number of carbonyl (C=O) groups is 1. The van der Waals surface area contributed by atoms with Gasteiger partial charge >= 0.3 is 0 Å². The molecule has 1 aromatic carbocycles. The van der Waals surface area contributed by atoms with E-state index in [-0.39, 0.29) is 11.4 Å². The van der Waals surface area contributed by atoms with Gasteiger partial charge in [-0.2, -0.15) is 9.78 Å². The van der Waals surface area contributed by atoms with Crippen molar-refractivity contribution < 1.29 is 9.53 Å². The summed E-state index contributed by atoms with van der Waals surface area (Å²) in [5.41, 5.74) is 0.0709. The minimum atomic E-state index is -0.454. The van der Waals surface area contributed by atoms with E-state index in [0.717, 1.165) is 4.68 Å². The highest BCUT2D eigenvalue weighted by Crippen LogP contribution is 2.08. The molecule has 2 rings (SSSR count). The van der Waals surface area contributed by atoms with Crippen molar-refractivity contribution in [3.63, 3.8) is 0 Å². The molecule has 0 bridgehead atoms. The largest absolute Gasteiger partial charge is 0.385 e. The number of nitrogens with one attached hydrogen (secondary N) is 1. The van der Waals surface area contributed by atoms with Crippen LogP contribution in [-0.4, -0.2) is 61.2 Å². The molecule has 128 valence electrons. The van der Waals surface area contributed by atoms with Crippen molar-refractivity contribution in [2.45, 2.75) is 6.42 Å². The van der Waals surface area contributed by atoms with Gasteiger partial charge in [0, 0.05) is 34.4 Å². The van der Waals surface area contributed by atoms with E-state index < -0.39 is 5.91 Å². The fourth-order valence-corrected chi connectivity index (χ4v) is 2.03. The van der Waals surface area contributed by atoms with Crippen LogP contribution in [0.2, 0.25) is 0 Å². The molecule has 1 amide bonds. The van der Waals surface area contributed by atoms with Crippen molar-refractivity contribution >= 4 is 23.1 Å². The lowest BCUT2D eigenvalue weighted by Crippen LogP contribution is -2.33. The number of rotatable bonds is 7. The maximum atomic E-state index is 12.6. The number of benzene rings is 1. The number of nitrogens with zero attached hydrogens (tertiary/aromatic N) is 4. The van der Waals surface area contributed by atoms with E-state index in [1.807, 2.05) is 0 Å². The Morgan fingerprint density at radius 2 is 2.17 bits per heavy atom. The number of hydrogen-bond donors (Lipinski definition) is 1. The Kier molecular flexibility index (Phi) is 6.02. The fraction of sp³-hybridized carbons (Fsp3) is 0.375. The van der Waals surface area contributed by atoms with Gasteiger partial charge in [-0.1, -0.05) is 12.1 Å². The number of hydrogen-bond acceptors (Lipinski definition) is 5. The summed E-state index contributed by atoms with van der Waals surface area (Å²) in [6, 6.07) is 6.86. The lowest BCUT2D eigenvalue weighted by Gasteiger charge is -2.10. The summed E-state index contributed by atoms with van der Waals surface area (Å²) < 4.78 is 5.97. The highest BCUT2D eigenvalue weighted by atomic mass is 16.5. The van der Waals surface area contributed by atoms with Crippen molar-refractivity contribution in [1.29, 1.82) is 0 Å². The summed E-state index contributed by atoms with van der Waals surface area (Å²) in [7, 11) is 5.14. The Hall–Kier alpha value is -2.74. The number of methoxy groups -OCH3 is 1. The van der Waals surface area contributed by atoms with Crippen LogP contribution in [-0.2, 0) is 4.74 Å². The third-order valence-corrected chi connectivity index (χ3v) is 3.17. The van der Waals surface area contributed by atoms with Gasteiger partial charge in [0.15, 0.2) is 0 Å². The molecular formula is C16H21N5O3. The van der Waals surface area contributed by atoms with Crippen LogP contribution in [0.4, 0.5) is 0 Å². The molecule has 0 spiro atoms. The number of fused-ring (bicyclic) bond motifs is 1. The minimum absolute atomic E-state index is 0.0470. The molecule has 0 aliphatic heterocycles. The lowest BCUT2D eigenvalue weighted by molar-refractivity contribution is 0.0933. The van der Waals surface area contributed by atoms with Gasteiger partial charge in [0.2, 0.25) is 5.82 Å². The topological polar surface area (TPSA) is 88.8 Å². The Labute approximate surface area is 139 Å². The van der Waals surface area contributed by atoms with E-state index in [1.165, 1.54) is 6.34 Å². The quantitative estimate of drug-likeness (QED) is 0.454. The summed E-state index contributed by atoms with van der Waals surface area (Å²) in [5.74, 6) is -0.501. The highest BCUT2D eigenvalue weighted by Gasteiger charge is 2.16. The summed E-state index contributed by atoms with van der Waals surface area (Å²) in [4.78, 5) is 31.0. The number of carbonyl (C=O) groups excluding carboxylic acids is 1. The maximum absolute atomic E-state index is 12.6. The van der Waals surface area contributed by atoms with Crippen LogP contribution >= 0.6 is 0 Å². The monoisotopic (exact) mass is 331 g/mol. The second-order valence-corrected chi connectivity index (χ2v) is 5.37. The summed E-state index contributed by atoms with van der Waals surface area (Å²) in [5, 5.41) is 7.21. The first-order valence-corrected chi connectivity index (χ1v) is 7.54. The van der Waals surface area contributed by atoms with Crippen molar-refractivity contribution in [3.8, 4) is 0 Å². The zero-order chi connectivity index (χ0) is 17.5. The first-order chi connectivity index (χ1) is 11.5. The molecule has 1 heterocycles. The Balaban J connectivity index is 2.43.